The van der Waals surface area contributed by atoms with Crippen LogP contribution in [0.4, 0.5) is 0 Å². The molecule has 0 saturated heterocycles. The van der Waals surface area contributed by atoms with E-state index in [-0.39, 0.29) is 12.1 Å². The van der Waals surface area contributed by atoms with Gasteiger partial charge in [0.2, 0.25) is 0 Å². The topological polar surface area (TPSA) is 39.2 Å². The summed E-state index contributed by atoms with van der Waals surface area (Å²) < 4.78 is 5.98. The molecule has 1 aromatic heterocycles. The highest BCUT2D eigenvalue weighted by Crippen LogP contribution is 2.12. The second kappa shape index (κ2) is 6.12. The molecule has 0 spiro atoms. The monoisotopic (exact) mass is 289 g/mol. The molecule has 3 nitrogen and oxygen atoms in total. The van der Waals surface area contributed by atoms with E-state index in [1.165, 1.54) is 6.20 Å². The first-order chi connectivity index (χ1) is 7.13. The highest BCUT2D eigenvalue weighted by Gasteiger charge is 2.11. The third kappa shape index (κ3) is 4.22. The Bertz CT molecular complexity index is 346. The molecule has 0 aliphatic carbocycles. The average Bonchev–Trinajstić information content (AvgIpc) is 2.18. The van der Waals surface area contributed by atoms with E-state index in [0.717, 1.165) is 10.2 Å². The van der Waals surface area contributed by atoms with E-state index in [2.05, 4.69) is 20.9 Å². The van der Waals surface area contributed by atoms with Gasteiger partial charge in [0, 0.05) is 22.6 Å². The highest BCUT2D eigenvalue weighted by atomic mass is 79.9. The number of ether oxygens (including phenoxy) is 1. The Morgan fingerprint density at radius 3 is 3.00 bits per heavy atom. The lowest BCUT2D eigenvalue weighted by molar-refractivity contribution is 0.0385. The number of nitrogens with zero attached hydrogens (tertiary/aromatic N) is 1. The molecule has 1 atom stereocenters. The lowest BCUT2D eigenvalue weighted by Crippen LogP contribution is -2.17. The maximum atomic E-state index is 11.6. The zero-order chi connectivity index (χ0) is 11.3. The fourth-order valence-electron chi connectivity index (χ4n) is 1.04. The molecule has 0 radical (unpaired) electrons. The van der Waals surface area contributed by atoms with Crippen molar-refractivity contribution in [3.05, 3.63) is 28.5 Å². The summed E-state index contributed by atoms with van der Waals surface area (Å²) in [5.41, 5.74) is 0.470. The second-order valence-corrected chi connectivity index (χ2v) is 4.89. The molecular formula is C10H12BrNO2S. The zero-order valence-electron chi connectivity index (χ0n) is 8.57. The Balaban J connectivity index is 2.61. The third-order valence-electron chi connectivity index (χ3n) is 1.65. The van der Waals surface area contributed by atoms with Crippen LogP contribution in [0.25, 0.3) is 0 Å². The largest absolute Gasteiger partial charge is 0.458 e. The van der Waals surface area contributed by atoms with Crippen LogP contribution in [0.1, 0.15) is 17.3 Å². The van der Waals surface area contributed by atoms with Gasteiger partial charge in [-0.3, -0.25) is 4.98 Å². The number of hydrogen-bond donors (Lipinski definition) is 0. The standard InChI is InChI=1S/C10H12BrNO2S/c1-7(6-15-2)14-10(13)8-3-9(11)5-12-4-8/h3-5,7H,6H2,1-2H3. The number of rotatable bonds is 4. The number of pyridine rings is 1. The lowest BCUT2D eigenvalue weighted by atomic mass is 10.3. The number of halogens is 1. The van der Waals surface area contributed by atoms with E-state index < -0.39 is 0 Å². The molecule has 0 aliphatic heterocycles. The molecule has 82 valence electrons. The third-order valence-corrected chi connectivity index (χ3v) is 2.89. The van der Waals surface area contributed by atoms with Gasteiger partial charge in [-0.2, -0.15) is 11.8 Å². The molecule has 1 unspecified atom stereocenters. The van der Waals surface area contributed by atoms with E-state index in [9.17, 15) is 4.79 Å². The first kappa shape index (κ1) is 12.5. The molecule has 0 bridgehead atoms. The van der Waals surface area contributed by atoms with E-state index >= 15 is 0 Å². The SMILES string of the molecule is CSCC(C)OC(=O)c1cncc(Br)c1. The summed E-state index contributed by atoms with van der Waals surface area (Å²) in [5, 5.41) is 0. The molecule has 0 amide bonds. The van der Waals surface area contributed by atoms with Crippen LogP contribution in [0.5, 0.6) is 0 Å². The van der Waals surface area contributed by atoms with Crippen LogP contribution in [0.2, 0.25) is 0 Å². The quantitative estimate of drug-likeness (QED) is 0.799. The maximum absolute atomic E-state index is 11.6. The summed E-state index contributed by atoms with van der Waals surface area (Å²) in [6.07, 6.45) is 5.03. The van der Waals surface area contributed by atoms with Gasteiger partial charge in [0.25, 0.3) is 0 Å². The summed E-state index contributed by atoms with van der Waals surface area (Å²) in [6.45, 7) is 1.87. The smallest absolute Gasteiger partial charge is 0.340 e. The van der Waals surface area contributed by atoms with Crippen molar-refractivity contribution in [2.75, 3.05) is 12.0 Å². The molecule has 0 aliphatic rings. The summed E-state index contributed by atoms with van der Waals surface area (Å²) in [7, 11) is 0. The van der Waals surface area contributed by atoms with Crippen molar-refractivity contribution in [3.63, 3.8) is 0 Å². The Morgan fingerprint density at radius 2 is 2.40 bits per heavy atom. The Morgan fingerprint density at radius 1 is 1.67 bits per heavy atom. The van der Waals surface area contributed by atoms with E-state index in [1.807, 2.05) is 13.2 Å². The van der Waals surface area contributed by atoms with Gasteiger partial charge in [0.15, 0.2) is 0 Å². The molecular weight excluding hydrogens is 278 g/mol. The minimum Gasteiger partial charge on any atom is -0.458 e. The van der Waals surface area contributed by atoms with Crippen molar-refractivity contribution < 1.29 is 9.53 Å². The predicted molar refractivity (Wildman–Crippen MR) is 65.2 cm³/mol. The number of aromatic nitrogens is 1. The fourth-order valence-corrected chi connectivity index (χ4v) is 1.95. The van der Waals surface area contributed by atoms with Gasteiger partial charge in [-0.1, -0.05) is 0 Å². The van der Waals surface area contributed by atoms with Crippen molar-refractivity contribution in [2.24, 2.45) is 0 Å². The number of carbonyl (C=O) groups excluding carboxylic acids is 1. The Labute approximate surface area is 102 Å². The van der Waals surface area contributed by atoms with E-state index in [4.69, 9.17) is 4.74 Å². The molecule has 0 saturated carbocycles. The zero-order valence-corrected chi connectivity index (χ0v) is 11.0. The van der Waals surface area contributed by atoms with Crippen LogP contribution in [0.3, 0.4) is 0 Å². The predicted octanol–water partition coefficient (Wildman–Crippen LogP) is 2.75. The Hall–Kier alpha value is -0.550. The van der Waals surface area contributed by atoms with Gasteiger partial charge in [-0.25, -0.2) is 4.79 Å². The van der Waals surface area contributed by atoms with E-state index in [0.29, 0.717) is 5.56 Å². The number of esters is 1. The summed E-state index contributed by atoms with van der Waals surface area (Å²) >= 11 is 4.90. The van der Waals surface area contributed by atoms with E-state index in [1.54, 1.807) is 24.0 Å². The molecule has 0 aromatic carbocycles. The van der Waals surface area contributed by atoms with Crippen molar-refractivity contribution in [1.29, 1.82) is 0 Å². The van der Waals surface area contributed by atoms with Crippen LogP contribution in [0, 0.1) is 0 Å². The summed E-state index contributed by atoms with van der Waals surface area (Å²) in [6, 6.07) is 1.70. The van der Waals surface area contributed by atoms with Gasteiger partial charge in [-0.15, -0.1) is 0 Å². The fraction of sp³-hybridized carbons (Fsp3) is 0.400. The Kier molecular flexibility index (Phi) is 5.11. The molecule has 5 heteroatoms. The van der Waals surface area contributed by atoms with Crippen LogP contribution in [-0.2, 0) is 4.74 Å². The van der Waals surface area contributed by atoms with Gasteiger partial charge >= 0.3 is 5.97 Å². The van der Waals surface area contributed by atoms with Gasteiger partial charge in [0.05, 0.1) is 5.56 Å². The molecule has 0 fully saturated rings. The number of hydrogen-bond acceptors (Lipinski definition) is 4. The normalized spacial score (nSPS) is 12.2. The molecule has 15 heavy (non-hydrogen) atoms. The summed E-state index contributed by atoms with van der Waals surface area (Å²) in [4.78, 5) is 15.5. The van der Waals surface area contributed by atoms with Crippen molar-refractivity contribution in [1.82, 2.24) is 4.98 Å². The van der Waals surface area contributed by atoms with Crippen LogP contribution in [-0.4, -0.2) is 29.1 Å². The minimum absolute atomic E-state index is 0.0773. The highest BCUT2D eigenvalue weighted by molar-refractivity contribution is 9.10. The first-order valence-electron chi connectivity index (χ1n) is 4.44. The van der Waals surface area contributed by atoms with Gasteiger partial charge < -0.3 is 4.74 Å². The average molecular weight is 290 g/mol. The molecule has 1 aromatic rings. The van der Waals surface area contributed by atoms with Gasteiger partial charge in [0.1, 0.15) is 6.10 Å². The molecule has 1 rings (SSSR count). The first-order valence-corrected chi connectivity index (χ1v) is 6.62. The van der Waals surface area contributed by atoms with Crippen LogP contribution < -0.4 is 0 Å². The van der Waals surface area contributed by atoms with Gasteiger partial charge in [-0.05, 0) is 35.2 Å². The summed E-state index contributed by atoms with van der Waals surface area (Å²) in [5.74, 6) is 0.470. The van der Waals surface area contributed by atoms with Crippen LogP contribution in [0.15, 0.2) is 22.9 Å². The maximum Gasteiger partial charge on any atom is 0.340 e. The molecule has 0 N–H and O–H groups in total. The van der Waals surface area contributed by atoms with Crippen molar-refractivity contribution in [3.8, 4) is 0 Å². The number of carbonyl (C=O) groups is 1. The van der Waals surface area contributed by atoms with Crippen molar-refractivity contribution in [2.45, 2.75) is 13.0 Å². The number of thioether (sulfide) groups is 1. The minimum atomic E-state index is -0.328. The molecule has 1 heterocycles. The lowest BCUT2D eigenvalue weighted by Gasteiger charge is -2.11. The second-order valence-electron chi connectivity index (χ2n) is 3.06. The van der Waals surface area contributed by atoms with Crippen molar-refractivity contribution >= 4 is 33.7 Å². The van der Waals surface area contributed by atoms with Crippen LogP contribution >= 0.6 is 27.7 Å².